The molecule has 140 valence electrons. The molecule has 1 fully saturated rings. The maximum absolute atomic E-state index is 6.21. The number of aliphatic imine (C=N–C) groups is 1. The van der Waals surface area contributed by atoms with Gasteiger partial charge in [0.05, 0.1) is 18.3 Å². The fourth-order valence-electron chi connectivity index (χ4n) is 3.12. The predicted octanol–water partition coefficient (Wildman–Crippen LogP) is 3.95. The van der Waals surface area contributed by atoms with Gasteiger partial charge in [0.1, 0.15) is 10.8 Å². The molecule has 1 heterocycles. The van der Waals surface area contributed by atoms with Gasteiger partial charge < -0.3 is 15.4 Å². The second-order valence-corrected chi connectivity index (χ2v) is 7.95. The fraction of sp³-hybridized carbons (Fsp3) is 0.500. The lowest BCUT2D eigenvalue weighted by Crippen LogP contribution is -2.36. The molecule has 0 saturated heterocycles. The molecule has 3 rings (SSSR count). The highest BCUT2D eigenvalue weighted by Crippen LogP contribution is 2.26. The Bertz CT molecular complexity index is 731. The molecule has 2 aromatic rings. The van der Waals surface area contributed by atoms with Crippen LogP contribution in [0.4, 0.5) is 0 Å². The lowest BCUT2D eigenvalue weighted by atomic mass is 10.2. The minimum atomic E-state index is 0.366. The van der Waals surface area contributed by atoms with Crippen molar-refractivity contribution in [3.05, 3.63) is 45.4 Å². The maximum atomic E-state index is 6.21. The Hall–Kier alpha value is -2.08. The first kappa shape index (κ1) is 18.7. The molecule has 0 bridgehead atoms. The lowest BCUT2D eigenvalue weighted by Gasteiger charge is -2.17. The van der Waals surface area contributed by atoms with Gasteiger partial charge in [0.15, 0.2) is 5.96 Å². The Morgan fingerprint density at radius 3 is 2.62 bits per heavy atom. The normalized spacial score (nSPS) is 15.3. The highest BCUT2D eigenvalue weighted by atomic mass is 32.1. The second-order valence-electron chi connectivity index (χ2n) is 6.66. The number of rotatable bonds is 6. The van der Waals surface area contributed by atoms with E-state index >= 15 is 0 Å². The fourth-order valence-corrected chi connectivity index (χ4v) is 4.00. The highest BCUT2D eigenvalue weighted by Gasteiger charge is 2.17. The molecule has 5 nitrogen and oxygen atoms in total. The van der Waals surface area contributed by atoms with Crippen LogP contribution in [-0.2, 0) is 13.1 Å². The monoisotopic (exact) mass is 372 g/mol. The molecular formula is C20H28N4OS. The molecule has 0 unspecified atom stereocenters. The third-order valence-electron chi connectivity index (χ3n) is 4.72. The van der Waals surface area contributed by atoms with Crippen molar-refractivity contribution >= 4 is 17.3 Å². The van der Waals surface area contributed by atoms with E-state index in [-0.39, 0.29) is 0 Å². The predicted molar refractivity (Wildman–Crippen MR) is 108 cm³/mol. The van der Waals surface area contributed by atoms with Gasteiger partial charge in [0.2, 0.25) is 0 Å². The van der Waals surface area contributed by atoms with Crippen LogP contribution in [0, 0.1) is 13.8 Å². The molecule has 0 spiro atoms. The van der Waals surface area contributed by atoms with Crippen molar-refractivity contribution in [1.29, 1.82) is 0 Å². The van der Waals surface area contributed by atoms with Crippen LogP contribution in [0.5, 0.6) is 5.75 Å². The molecule has 0 amide bonds. The van der Waals surface area contributed by atoms with Crippen LogP contribution in [-0.4, -0.2) is 24.1 Å². The average Bonchev–Trinajstić information content (AvgIpc) is 3.26. The molecule has 0 aliphatic heterocycles. The smallest absolute Gasteiger partial charge is 0.191 e. The van der Waals surface area contributed by atoms with Crippen molar-refractivity contribution in [2.75, 3.05) is 7.05 Å². The van der Waals surface area contributed by atoms with Crippen molar-refractivity contribution in [2.45, 2.75) is 58.7 Å². The van der Waals surface area contributed by atoms with Gasteiger partial charge in [0, 0.05) is 24.0 Å². The zero-order valence-corrected chi connectivity index (χ0v) is 16.7. The number of guanidine groups is 1. The van der Waals surface area contributed by atoms with Crippen molar-refractivity contribution in [2.24, 2.45) is 4.99 Å². The lowest BCUT2D eigenvalue weighted by molar-refractivity contribution is 0.208. The molecule has 1 saturated carbocycles. The van der Waals surface area contributed by atoms with Crippen LogP contribution in [0.1, 0.15) is 46.8 Å². The third-order valence-corrected chi connectivity index (χ3v) is 5.79. The van der Waals surface area contributed by atoms with Gasteiger partial charge in [-0.25, -0.2) is 4.98 Å². The summed E-state index contributed by atoms with van der Waals surface area (Å²) in [5, 5.41) is 7.79. The first-order valence-electron chi connectivity index (χ1n) is 9.27. The first-order chi connectivity index (χ1) is 12.7. The standard InChI is InChI=1S/C20H28N4OS/c1-14-15(2)26-19(24-14)13-23-20(21-3)22-12-16-8-4-7-11-18(16)25-17-9-5-6-10-17/h4,7-8,11,17H,5-6,9-10,12-13H2,1-3H3,(H2,21,22,23). The largest absolute Gasteiger partial charge is 0.490 e. The SMILES string of the molecule is CN=C(NCc1nc(C)c(C)s1)NCc1ccccc1OC1CCCC1. The summed E-state index contributed by atoms with van der Waals surface area (Å²) in [6.45, 7) is 5.51. The molecule has 1 aliphatic rings. The van der Waals surface area contributed by atoms with Gasteiger partial charge in [-0.1, -0.05) is 18.2 Å². The van der Waals surface area contributed by atoms with E-state index < -0.39 is 0 Å². The van der Waals surface area contributed by atoms with Crippen molar-refractivity contribution in [1.82, 2.24) is 15.6 Å². The molecule has 0 atom stereocenters. The third kappa shape index (κ3) is 4.97. The number of nitrogens with one attached hydrogen (secondary N) is 2. The van der Waals surface area contributed by atoms with Crippen LogP contribution in [0.25, 0.3) is 0 Å². The van der Waals surface area contributed by atoms with E-state index in [2.05, 4.69) is 45.7 Å². The first-order valence-corrected chi connectivity index (χ1v) is 10.1. The quantitative estimate of drug-likeness (QED) is 0.595. The summed E-state index contributed by atoms with van der Waals surface area (Å²) in [4.78, 5) is 10.1. The molecule has 0 radical (unpaired) electrons. The Labute approximate surface area is 159 Å². The number of thiazole rings is 1. The number of hydrogen-bond donors (Lipinski definition) is 2. The maximum Gasteiger partial charge on any atom is 0.191 e. The number of aryl methyl sites for hydroxylation is 2. The molecule has 1 aliphatic carbocycles. The van der Waals surface area contributed by atoms with Gasteiger partial charge in [-0.15, -0.1) is 11.3 Å². The van der Waals surface area contributed by atoms with E-state index in [0.717, 1.165) is 40.8 Å². The second kappa shape index (κ2) is 9.03. The average molecular weight is 373 g/mol. The molecular weight excluding hydrogens is 344 g/mol. The van der Waals surface area contributed by atoms with Gasteiger partial charge in [-0.3, -0.25) is 4.99 Å². The van der Waals surface area contributed by atoms with Crippen LogP contribution in [0.2, 0.25) is 0 Å². The zero-order chi connectivity index (χ0) is 18.4. The zero-order valence-electron chi connectivity index (χ0n) is 15.8. The number of benzene rings is 1. The van der Waals surface area contributed by atoms with Crippen LogP contribution < -0.4 is 15.4 Å². The van der Waals surface area contributed by atoms with Gasteiger partial charge in [0.25, 0.3) is 0 Å². The van der Waals surface area contributed by atoms with E-state index in [9.17, 15) is 0 Å². The molecule has 26 heavy (non-hydrogen) atoms. The number of nitrogens with zero attached hydrogens (tertiary/aromatic N) is 2. The summed E-state index contributed by atoms with van der Waals surface area (Å²) in [7, 11) is 1.79. The minimum absolute atomic E-state index is 0.366. The van der Waals surface area contributed by atoms with Crippen LogP contribution in [0.15, 0.2) is 29.3 Å². The Morgan fingerprint density at radius 2 is 1.92 bits per heavy atom. The summed E-state index contributed by atoms with van der Waals surface area (Å²) in [5.41, 5.74) is 2.26. The molecule has 2 N–H and O–H groups in total. The molecule has 6 heteroatoms. The van der Waals surface area contributed by atoms with E-state index in [0.29, 0.717) is 19.2 Å². The van der Waals surface area contributed by atoms with Crippen molar-refractivity contribution < 1.29 is 4.74 Å². The summed E-state index contributed by atoms with van der Waals surface area (Å²) in [6, 6.07) is 8.26. The number of para-hydroxylation sites is 1. The summed E-state index contributed by atoms with van der Waals surface area (Å²) in [6.07, 6.45) is 5.24. The number of hydrogen-bond acceptors (Lipinski definition) is 4. The Kier molecular flexibility index (Phi) is 6.50. The highest BCUT2D eigenvalue weighted by molar-refractivity contribution is 7.11. The Morgan fingerprint density at radius 1 is 1.19 bits per heavy atom. The van der Waals surface area contributed by atoms with Crippen LogP contribution >= 0.6 is 11.3 Å². The van der Waals surface area contributed by atoms with Crippen molar-refractivity contribution in [3.8, 4) is 5.75 Å². The minimum Gasteiger partial charge on any atom is -0.490 e. The van der Waals surface area contributed by atoms with E-state index in [1.165, 1.54) is 17.7 Å². The van der Waals surface area contributed by atoms with E-state index in [1.807, 2.05) is 13.0 Å². The van der Waals surface area contributed by atoms with Gasteiger partial charge in [-0.05, 0) is 45.6 Å². The van der Waals surface area contributed by atoms with E-state index in [4.69, 9.17) is 4.74 Å². The summed E-state index contributed by atoms with van der Waals surface area (Å²) in [5.74, 6) is 1.75. The number of ether oxygens (including phenoxy) is 1. The molecule has 1 aromatic heterocycles. The van der Waals surface area contributed by atoms with E-state index in [1.54, 1.807) is 18.4 Å². The topological polar surface area (TPSA) is 58.5 Å². The van der Waals surface area contributed by atoms with Gasteiger partial charge >= 0.3 is 0 Å². The van der Waals surface area contributed by atoms with Crippen LogP contribution in [0.3, 0.4) is 0 Å². The Balaban J connectivity index is 1.54. The summed E-state index contributed by atoms with van der Waals surface area (Å²) >= 11 is 1.73. The summed E-state index contributed by atoms with van der Waals surface area (Å²) < 4.78 is 6.21. The van der Waals surface area contributed by atoms with Gasteiger partial charge in [-0.2, -0.15) is 0 Å². The molecule has 1 aromatic carbocycles. The van der Waals surface area contributed by atoms with Crippen molar-refractivity contribution in [3.63, 3.8) is 0 Å². The number of aromatic nitrogens is 1.